The fourth-order valence-electron chi connectivity index (χ4n) is 3.02. The summed E-state index contributed by atoms with van der Waals surface area (Å²) >= 11 is 0. The van der Waals surface area contributed by atoms with E-state index in [0.29, 0.717) is 6.42 Å². The van der Waals surface area contributed by atoms with Gasteiger partial charge in [-0.2, -0.15) is 5.26 Å². The van der Waals surface area contributed by atoms with Crippen LogP contribution in [-0.2, 0) is 23.8 Å². The summed E-state index contributed by atoms with van der Waals surface area (Å²) in [7, 11) is 0. The molecule has 26 heavy (non-hydrogen) atoms. The SMILES string of the molecule is CCCCOC(=O)N1C[C@](CCC#N)(C(=O)OCC)C[C@H]1C(=O)OCC. The van der Waals surface area contributed by atoms with Crippen LogP contribution in [0.4, 0.5) is 4.79 Å². The molecule has 1 rings (SSSR count). The maximum atomic E-state index is 12.6. The van der Waals surface area contributed by atoms with E-state index in [1.54, 1.807) is 13.8 Å². The Balaban J connectivity index is 3.07. The third kappa shape index (κ3) is 5.35. The van der Waals surface area contributed by atoms with Crippen molar-refractivity contribution < 1.29 is 28.6 Å². The summed E-state index contributed by atoms with van der Waals surface area (Å²) in [5, 5.41) is 8.93. The minimum Gasteiger partial charge on any atom is -0.466 e. The van der Waals surface area contributed by atoms with Gasteiger partial charge in [-0.05, 0) is 33.1 Å². The molecule has 0 N–H and O–H groups in total. The average molecular weight is 368 g/mol. The van der Waals surface area contributed by atoms with E-state index in [2.05, 4.69) is 0 Å². The molecule has 0 aromatic carbocycles. The Labute approximate surface area is 154 Å². The quantitative estimate of drug-likeness (QED) is 0.349. The number of likely N-dealkylation sites (tertiary alicyclic amines) is 1. The summed E-state index contributed by atoms with van der Waals surface area (Å²) < 4.78 is 15.5. The summed E-state index contributed by atoms with van der Waals surface area (Å²) in [5.41, 5.74) is -1.10. The van der Waals surface area contributed by atoms with E-state index in [-0.39, 0.29) is 45.6 Å². The zero-order chi connectivity index (χ0) is 19.6. The molecule has 1 heterocycles. The van der Waals surface area contributed by atoms with Gasteiger partial charge < -0.3 is 14.2 Å². The summed E-state index contributed by atoms with van der Waals surface area (Å²) in [6, 6.07) is 1.09. The molecule has 1 fully saturated rings. The molecule has 1 aliphatic rings. The Hall–Kier alpha value is -2.30. The summed E-state index contributed by atoms with van der Waals surface area (Å²) in [5.74, 6) is -1.09. The van der Waals surface area contributed by atoms with Gasteiger partial charge in [-0.25, -0.2) is 9.59 Å². The fraction of sp³-hybridized carbons (Fsp3) is 0.778. The first-order chi connectivity index (χ1) is 12.5. The Morgan fingerprint density at radius 3 is 2.42 bits per heavy atom. The first kappa shape index (κ1) is 21.7. The highest BCUT2D eigenvalue weighted by Crippen LogP contribution is 2.41. The number of carbonyl (C=O) groups excluding carboxylic acids is 3. The zero-order valence-electron chi connectivity index (χ0n) is 15.8. The molecule has 2 atom stereocenters. The van der Waals surface area contributed by atoms with Crippen LogP contribution in [-0.4, -0.2) is 55.3 Å². The van der Waals surface area contributed by atoms with Gasteiger partial charge in [-0.3, -0.25) is 9.69 Å². The van der Waals surface area contributed by atoms with Crippen LogP contribution in [0.2, 0.25) is 0 Å². The van der Waals surface area contributed by atoms with E-state index in [9.17, 15) is 14.4 Å². The number of hydrogen-bond donors (Lipinski definition) is 0. The molecule has 1 aliphatic heterocycles. The predicted molar refractivity (Wildman–Crippen MR) is 91.9 cm³/mol. The van der Waals surface area contributed by atoms with Crippen molar-refractivity contribution in [2.45, 2.75) is 58.9 Å². The van der Waals surface area contributed by atoms with Crippen molar-refractivity contribution in [3.8, 4) is 6.07 Å². The van der Waals surface area contributed by atoms with Crippen LogP contribution in [0.1, 0.15) is 52.9 Å². The summed E-state index contributed by atoms with van der Waals surface area (Å²) in [4.78, 5) is 38.6. The van der Waals surface area contributed by atoms with E-state index in [4.69, 9.17) is 19.5 Å². The monoisotopic (exact) mass is 368 g/mol. The summed E-state index contributed by atoms with van der Waals surface area (Å²) in [6.45, 7) is 5.89. The van der Waals surface area contributed by atoms with Crippen molar-refractivity contribution in [2.75, 3.05) is 26.4 Å². The van der Waals surface area contributed by atoms with Gasteiger partial charge in [-0.15, -0.1) is 0 Å². The molecule has 0 bridgehead atoms. The van der Waals surface area contributed by atoms with Crippen molar-refractivity contribution in [2.24, 2.45) is 5.41 Å². The van der Waals surface area contributed by atoms with E-state index in [1.807, 2.05) is 13.0 Å². The van der Waals surface area contributed by atoms with Gasteiger partial charge in [0.05, 0.1) is 31.3 Å². The summed E-state index contributed by atoms with van der Waals surface area (Å²) in [6.07, 6.45) is 1.31. The zero-order valence-corrected chi connectivity index (χ0v) is 15.8. The highest BCUT2D eigenvalue weighted by Gasteiger charge is 2.54. The van der Waals surface area contributed by atoms with Crippen LogP contribution in [0.5, 0.6) is 0 Å². The molecule has 146 valence electrons. The smallest absolute Gasteiger partial charge is 0.410 e. The number of rotatable bonds is 9. The Bertz CT molecular complexity index is 544. The second kappa shape index (κ2) is 10.6. The molecule has 0 saturated carbocycles. The topological polar surface area (TPSA) is 106 Å². The molecule has 0 unspecified atom stereocenters. The molecule has 1 amide bonds. The van der Waals surface area contributed by atoms with Crippen LogP contribution in [0.25, 0.3) is 0 Å². The largest absolute Gasteiger partial charge is 0.466 e. The first-order valence-electron chi connectivity index (χ1n) is 9.09. The molecule has 0 aromatic rings. The Morgan fingerprint density at radius 2 is 1.85 bits per heavy atom. The van der Waals surface area contributed by atoms with E-state index >= 15 is 0 Å². The number of amides is 1. The van der Waals surface area contributed by atoms with Gasteiger partial charge in [0.25, 0.3) is 0 Å². The van der Waals surface area contributed by atoms with Crippen LogP contribution in [0.15, 0.2) is 0 Å². The van der Waals surface area contributed by atoms with Gasteiger partial charge in [0.15, 0.2) is 0 Å². The second-order valence-electron chi connectivity index (χ2n) is 6.23. The molecule has 1 saturated heterocycles. The maximum Gasteiger partial charge on any atom is 0.410 e. The normalized spacial score (nSPS) is 21.8. The highest BCUT2D eigenvalue weighted by molar-refractivity contribution is 5.86. The minimum absolute atomic E-state index is 0.0258. The van der Waals surface area contributed by atoms with Crippen molar-refractivity contribution in [3.05, 3.63) is 0 Å². The van der Waals surface area contributed by atoms with Gasteiger partial charge in [0, 0.05) is 13.0 Å². The Morgan fingerprint density at radius 1 is 1.15 bits per heavy atom. The predicted octanol–water partition coefficient (Wildman–Crippen LogP) is 2.41. The first-order valence-corrected chi connectivity index (χ1v) is 9.09. The van der Waals surface area contributed by atoms with Crippen LogP contribution < -0.4 is 0 Å². The third-order valence-electron chi connectivity index (χ3n) is 4.37. The number of nitrogens with zero attached hydrogens (tertiary/aromatic N) is 2. The van der Waals surface area contributed by atoms with Gasteiger partial charge in [-0.1, -0.05) is 13.3 Å². The number of hydrogen-bond acceptors (Lipinski definition) is 7. The maximum absolute atomic E-state index is 12.6. The molecule has 0 aromatic heterocycles. The highest BCUT2D eigenvalue weighted by atomic mass is 16.6. The minimum atomic E-state index is -1.10. The molecule has 8 heteroatoms. The van der Waals surface area contributed by atoms with E-state index in [0.717, 1.165) is 6.42 Å². The van der Waals surface area contributed by atoms with Crippen molar-refractivity contribution in [1.29, 1.82) is 5.26 Å². The van der Waals surface area contributed by atoms with Gasteiger partial charge >= 0.3 is 18.0 Å². The van der Waals surface area contributed by atoms with Crippen molar-refractivity contribution in [1.82, 2.24) is 4.90 Å². The number of ether oxygens (including phenoxy) is 3. The lowest BCUT2D eigenvalue weighted by Crippen LogP contribution is -2.42. The van der Waals surface area contributed by atoms with Gasteiger partial charge in [0.1, 0.15) is 6.04 Å². The number of unbranched alkanes of at least 4 members (excludes halogenated alkanes) is 1. The van der Waals surface area contributed by atoms with Crippen molar-refractivity contribution >= 4 is 18.0 Å². The lowest BCUT2D eigenvalue weighted by Gasteiger charge is -2.25. The molecule has 0 spiro atoms. The van der Waals surface area contributed by atoms with Gasteiger partial charge in [0.2, 0.25) is 0 Å². The number of nitriles is 1. The van der Waals surface area contributed by atoms with E-state index in [1.165, 1.54) is 4.90 Å². The number of esters is 2. The lowest BCUT2D eigenvalue weighted by atomic mass is 9.81. The average Bonchev–Trinajstić information content (AvgIpc) is 3.02. The fourth-order valence-corrected chi connectivity index (χ4v) is 3.02. The second-order valence-corrected chi connectivity index (χ2v) is 6.23. The number of carbonyl (C=O) groups is 3. The lowest BCUT2D eigenvalue weighted by molar-refractivity contribution is -0.155. The van der Waals surface area contributed by atoms with E-state index < -0.39 is 29.5 Å². The molecule has 0 radical (unpaired) electrons. The third-order valence-corrected chi connectivity index (χ3v) is 4.37. The molecular formula is C18H28N2O6. The van der Waals surface area contributed by atoms with Crippen molar-refractivity contribution in [3.63, 3.8) is 0 Å². The molecule has 0 aliphatic carbocycles. The van der Waals surface area contributed by atoms with Crippen LogP contribution in [0.3, 0.4) is 0 Å². The Kier molecular flexibility index (Phi) is 8.90. The van der Waals surface area contributed by atoms with Crippen LogP contribution in [0, 0.1) is 16.7 Å². The molecule has 8 nitrogen and oxygen atoms in total. The molecular weight excluding hydrogens is 340 g/mol. The standard InChI is InChI=1S/C18H28N2O6/c1-4-7-11-26-17(23)20-13-18(9-8-10-19,16(22)25-6-3)12-14(20)15(21)24-5-2/h14H,4-9,11-13H2,1-3H3/t14-,18+/m0/s1. The van der Waals surface area contributed by atoms with Crippen LogP contribution >= 0.6 is 0 Å².